The standard InChI is InChI=1S/C28H25F2N5O4.BrH/c1-17-13-15-25(27(38)21-9-5-7-11-23(21)29)32(17)34(19(3)36)31-35(20(4)37)33-18(2)14-16-26(33)28(39)22-10-6-8-12-24(22)30;/h5-16,31H,1-4H3;1H. The number of hydrogen-bond donors (Lipinski definition) is 1. The summed E-state index contributed by atoms with van der Waals surface area (Å²) in [6, 6.07) is 16.8. The van der Waals surface area contributed by atoms with Crippen LogP contribution < -0.4 is 15.8 Å². The molecule has 2 amide bonds. The van der Waals surface area contributed by atoms with Crippen molar-refractivity contribution in [1.29, 1.82) is 0 Å². The van der Waals surface area contributed by atoms with Crippen molar-refractivity contribution < 1.29 is 28.0 Å². The molecule has 208 valence electrons. The number of aromatic nitrogens is 2. The largest absolute Gasteiger partial charge is 0.287 e. The third kappa shape index (κ3) is 5.63. The molecule has 2 aromatic carbocycles. The minimum Gasteiger partial charge on any atom is -0.287 e. The Morgan fingerprint density at radius 3 is 1.30 bits per heavy atom. The molecule has 4 rings (SSSR count). The van der Waals surface area contributed by atoms with E-state index in [2.05, 4.69) is 5.53 Å². The van der Waals surface area contributed by atoms with Crippen LogP contribution in [-0.4, -0.2) is 32.7 Å². The maximum absolute atomic E-state index is 14.4. The van der Waals surface area contributed by atoms with Gasteiger partial charge >= 0.3 is 0 Å². The maximum atomic E-state index is 14.4. The molecule has 0 unspecified atom stereocenters. The molecule has 0 fully saturated rings. The Hall–Kier alpha value is -4.42. The van der Waals surface area contributed by atoms with Crippen molar-refractivity contribution in [3.63, 3.8) is 0 Å². The number of amides is 2. The zero-order valence-electron chi connectivity index (χ0n) is 22.0. The summed E-state index contributed by atoms with van der Waals surface area (Å²) in [5, 5.41) is 1.78. The summed E-state index contributed by atoms with van der Waals surface area (Å²) in [6.07, 6.45) is 0. The highest BCUT2D eigenvalue weighted by Crippen LogP contribution is 2.19. The summed E-state index contributed by atoms with van der Waals surface area (Å²) >= 11 is 0. The van der Waals surface area contributed by atoms with Crippen LogP contribution in [0.25, 0.3) is 0 Å². The second-order valence-electron chi connectivity index (χ2n) is 8.72. The second-order valence-corrected chi connectivity index (χ2v) is 8.72. The van der Waals surface area contributed by atoms with Crippen molar-refractivity contribution in [3.8, 4) is 0 Å². The van der Waals surface area contributed by atoms with Crippen LogP contribution in [0.1, 0.15) is 57.3 Å². The van der Waals surface area contributed by atoms with E-state index in [0.717, 1.165) is 22.4 Å². The lowest BCUT2D eigenvalue weighted by molar-refractivity contribution is -0.121. The topological polar surface area (TPSA) is 96.7 Å². The van der Waals surface area contributed by atoms with Gasteiger partial charge in [-0.2, -0.15) is 10.2 Å². The maximum Gasteiger partial charge on any atom is 0.254 e. The first-order chi connectivity index (χ1) is 18.5. The molecule has 0 saturated carbocycles. The fraction of sp³-hybridized carbons (Fsp3) is 0.143. The number of halogens is 3. The quantitative estimate of drug-likeness (QED) is 0.236. The van der Waals surface area contributed by atoms with E-state index in [9.17, 15) is 28.0 Å². The zero-order valence-corrected chi connectivity index (χ0v) is 23.7. The molecule has 2 aromatic heterocycles. The Bertz CT molecular complexity index is 1500. The molecule has 4 aromatic rings. The Labute approximate surface area is 239 Å². The number of nitrogens with one attached hydrogen (secondary N) is 1. The van der Waals surface area contributed by atoms with E-state index in [1.165, 1.54) is 71.7 Å². The van der Waals surface area contributed by atoms with Gasteiger partial charge < -0.3 is 0 Å². The van der Waals surface area contributed by atoms with Crippen LogP contribution in [0.15, 0.2) is 72.8 Å². The van der Waals surface area contributed by atoms with Gasteiger partial charge in [-0.15, -0.1) is 17.0 Å². The number of hydrogen-bond acceptors (Lipinski definition) is 5. The summed E-state index contributed by atoms with van der Waals surface area (Å²) in [5.74, 6) is -4.16. The van der Waals surface area contributed by atoms with Crippen molar-refractivity contribution in [2.24, 2.45) is 0 Å². The number of ketones is 2. The second kappa shape index (κ2) is 12.2. The van der Waals surface area contributed by atoms with Crippen molar-refractivity contribution in [1.82, 2.24) is 14.9 Å². The molecule has 0 aliphatic heterocycles. The first-order valence-corrected chi connectivity index (χ1v) is 11.9. The highest BCUT2D eigenvalue weighted by molar-refractivity contribution is 8.93. The van der Waals surface area contributed by atoms with Gasteiger partial charge in [0.2, 0.25) is 11.6 Å². The highest BCUT2D eigenvalue weighted by Gasteiger charge is 2.29. The molecule has 1 N–H and O–H groups in total. The van der Waals surface area contributed by atoms with E-state index in [0.29, 0.717) is 11.4 Å². The average Bonchev–Trinajstić information content (AvgIpc) is 3.46. The lowest BCUT2D eigenvalue weighted by atomic mass is 10.1. The Morgan fingerprint density at radius 2 is 0.975 bits per heavy atom. The first-order valence-electron chi connectivity index (χ1n) is 11.9. The van der Waals surface area contributed by atoms with Crippen molar-refractivity contribution >= 4 is 40.4 Å². The molecule has 0 aliphatic rings. The Balaban J connectivity index is 0.00000441. The lowest BCUT2D eigenvalue weighted by Gasteiger charge is -2.33. The van der Waals surface area contributed by atoms with Crippen LogP contribution >= 0.6 is 17.0 Å². The van der Waals surface area contributed by atoms with Gasteiger partial charge in [-0.3, -0.25) is 19.2 Å². The predicted molar refractivity (Wildman–Crippen MR) is 149 cm³/mol. The van der Waals surface area contributed by atoms with Crippen LogP contribution in [0.2, 0.25) is 0 Å². The molecule has 0 spiro atoms. The summed E-state index contributed by atoms with van der Waals surface area (Å²) in [5.41, 5.74) is 2.95. The number of carbonyl (C=O) groups is 4. The van der Waals surface area contributed by atoms with E-state index in [-0.39, 0.29) is 39.5 Å². The van der Waals surface area contributed by atoms with Gasteiger partial charge in [0, 0.05) is 25.2 Å². The van der Waals surface area contributed by atoms with Crippen LogP contribution in [-0.2, 0) is 9.59 Å². The van der Waals surface area contributed by atoms with Gasteiger partial charge in [-0.05, 0) is 62.4 Å². The van der Waals surface area contributed by atoms with E-state index in [1.807, 2.05) is 0 Å². The van der Waals surface area contributed by atoms with E-state index >= 15 is 0 Å². The zero-order chi connectivity index (χ0) is 28.4. The predicted octanol–water partition coefficient (Wildman–Crippen LogP) is 4.31. The normalized spacial score (nSPS) is 10.6. The molecule has 40 heavy (non-hydrogen) atoms. The SMILES string of the molecule is Br.CC(=O)N(NN(C(C)=O)n1c(C)ccc1C(=O)c1ccccc1F)n1c(C)ccc1C(=O)c1ccccc1F. The number of aryl methyl sites for hydroxylation is 2. The Kier molecular flexibility index (Phi) is 9.17. The summed E-state index contributed by atoms with van der Waals surface area (Å²) in [7, 11) is 0. The summed E-state index contributed by atoms with van der Waals surface area (Å²) < 4.78 is 31.2. The van der Waals surface area contributed by atoms with Gasteiger partial charge in [0.25, 0.3) is 11.8 Å². The van der Waals surface area contributed by atoms with Crippen LogP contribution in [0.3, 0.4) is 0 Å². The molecule has 0 aliphatic carbocycles. The number of benzene rings is 2. The van der Waals surface area contributed by atoms with Gasteiger partial charge in [-0.1, -0.05) is 29.8 Å². The smallest absolute Gasteiger partial charge is 0.254 e. The minimum atomic E-state index is -0.736. The van der Waals surface area contributed by atoms with Gasteiger partial charge in [0.05, 0.1) is 11.1 Å². The molecular weight excluding hydrogens is 588 g/mol. The highest BCUT2D eigenvalue weighted by atomic mass is 79.9. The van der Waals surface area contributed by atoms with Crippen LogP contribution in [0.5, 0.6) is 0 Å². The fourth-order valence-corrected chi connectivity index (χ4v) is 4.10. The van der Waals surface area contributed by atoms with Gasteiger partial charge in [0.1, 0.15) is 23.0 Å². The molecule has 12 heteroatoms. The van der Waals surface area contributed by atoms with Gasteiger partial charge in [-0.25, -0.2) is 18.1 Å². The third-order valence-corrected chi connectivity index (χ3v) is 5.98. The van der Waals surface area contributed by atoms with Crippen LogP contribution in [0, 0.1) is 25.5 Å². The van der Waals surface area contributed by atoms with Crippen LogP contribution in [0.4, 0.5) is 8.78 Å². The van der Waals surface area contributed by atoms with E-state index in [1.54, 1.807) is 26.0 Å². The van der Waals surface area contributed by atoms with E-state index < -0.39 is 35.0 Å². The van der Waals surface area contributed by atoms with Gasteiger partial charge in [0.15, 0.2) is 0 Å². The average molecular weight is 614 g/mol. The van der Waals surface area contributed by atoms with Crippen molar-refractivity contribution in [3.05, 3.63) is 118 Å². The molecule has 0 bridgehead atoms. The third-order valence-electron chi connectivity index (χ3n) is 5.98. The Morgan fingerprint density at radius 1 is 0.625 bits per heavy atom. The molecule has 0 atom stereocenters. The summed E-state index contributed by atoms with van der Waals surface area (Å²) in [6.45, 7) is 5.61. The van der Waals surface area contributed by atoms with E-state index in [4.69, 9.17) is 0 Å². The molecule has 0 radical (unpaired) electrons. The fourth-order valence-electron chi connectivity index (χ4n) is 4.10. The molecular formula is C28H26BrF2N5O4. The summed E-state index contributed by atoms with van der Waals surface area (Å²) in [4.78, 5) is 52.3. The molecule has 0 saturated heterocycles. The monoisotopic (exact) mass is 613 g/mol. The molecule has 2 heterocycles. The minimum absolute atomic E-state index is 0. The molecule has 9 nitrogen and oxygen atoms in total. The lowest BCUT2D eigenvalue weighted by Crippen LogP contribution is -2.63. The number of nitrogens with zero attached hydrogens (tertiary/aromatic N) is 4. The van der Waals surface area contributed by atoms with Crippen molar-refractivity contribution in [2.45, 2.75) is 27.7 Å². The number of rotatable bonds is 8. The van der Waals surface area contributed by atoms with Crippen molar-refractivity contribution in [2.75, 3.05) is 10.2 Å². The number of hydrazine groups is 2. The number of carbonyl (C=O) groups excluding carboxylic acids is 4. The first kappa shape index (κ1) is 30.1.